The van der Waals surface area contributed by atoms with Crippen LogP contribution in [0, 0.1) is 5.92 Å². The zero-order chi connectivity index (χ0) is 16.3. The number of amides is 4. The lowest BCUT2D eigenvalue weighted by atomic mass is 9.90. The highest BCUT2D eigenvalue weighted by atomic mass is 16.2. The molecule has 0 radical (unpaired) electrons. The molecule has 0 aliphatic carbocycles. The quantitative estimate of drug-likeness (QED) is 0.628. The Morgan fingerprint density at radius 1 is 1.32 bits per heavy atom. The van der Waals surface area contributed by atoms with Crippen LogP contribution in [0.2, 0.25) is 0 Å². The molecule has 2 saturated heterocycles. The summed E-state index contributed by atoms with van der Waals surface area (Å²) in [5.41, 5.74) is 5.00. The molecule has 2 bridgehead atoms. The smallest absolute Gasteiger partial charge is 0.312 e. The Balaban J connectivity index is 1.82. The summed E-state index contributed by atoms with van der Waals surface area (Å²) >= 11 is 0. The van der Waals surface area contributed by atoms with E-state index in [1.165, 1.54) is 6.08 Å². The fraction of sp³-hybridized carbons (Fsp3) is 0.667. The molecule has 0 spiro atoms. The number of carbonyl (C=O) groups excluding carboxylic acids is 3. The Morgan fingerprint density at radius 3 is 2.41 bits per heavy atom. The number of nitrogens with one attached hydrogen (secondary N) is 2. The van der Waals surface area contributed by atoms with Crippen LogP contribution in [0.25, 0.3) is 0 Å². The SMILES string of the molecule is C=CC(=O)N1[C@@H]2CC[C@H]1CC(CNC(=O)C(C)NC(N)=O)C2. The van der Waals surface area contributed by atoms with Crippen molar-refractivity contribution < 1.29 is 14.4 Å². The van der Waals surface area contributed by atoms with Gasteiger partial charge in [-0.2, -0.15) is 0 Å². The van der Waals surface area contributed by atoms with Crippen molar-refractivity contribution in [3.05, 3.63) is 12.7 Å². The highest BCUT2D eigenvalue weighted by molar-refractivity contribution is 5.88. The second kappa shape index (κ2) is 6.81. The summed E-state index contributed by atoms with van der Waals surface area (Å²) in [4.78, 5) is 36.4. The van der Waals surface area contributed by atoms with Gasteiger partial charge in [-0.25, -0.2) is 4.79 Å². The van der Waals surface area contributed by atoms with Crippen molar-refractivity contribution in [1.29, 1.82) is 0 Å². The van der Waals surface area contributed by atoms with Gasteiger partial charge in [0.05, 0.1) is 0 Å². The number of primary amides is 1. The molecular weight excluding hydrogens is 284 g/mol. The molecule has 7 nitrogen and oxygen atoms in total. The van der Waals surface area contributed by atoms with Gasteiger partial charge >= 0.3 is 6.03 Å². The highest BCUT2D eigenvalue weighted by Gasteiger charge is 2.42. The zero-order valence-electron chi connectivity index (χ0n) is 12.9. The molecule has 0 aromatic rings. The monoisotopic (exact) mass is 308 g/mol. The topological polar surface area (TPSA) is 105 Å². The zero-order valence-corrected chi connectivity index (χ0v) is 12.9. The fourth-order valence-corrected chi connectivity index (χ4v) is 3.60. The van der Waals surface area contributed by atoms with E-state index >= 15 is 0 Å². The van der Waals surface area contributed by atoms with Crippen LogP contribution in [-0.4, -0.2) is 47.4 Å². The molecule has 22 heavy (non-hydrogen) atoms. The van der Waals surface area contributed by atoms with Gasteiger partial charge in [0.2, 0.25) is 11.8 Å². The van der Waals surface area contributed by atoms with E-state index in [0.717, 1.165) is 25.7 Å². The maximum absolute atomic E-state index is 11.9. The maximum Gasteiger partial charge on any atom is 0.312 e. The molecule has 7 heteroatoms. The third kappa shape index (κ3) is 3.58. The first-order valence-corrected chi connectivity index (χ1v) is 7.70. The van der Waals surface area contributed by atoms with E-state index in [1.807, 2.05) is 4.90 Å². The lowest BCUT2D eigenvalue weighted by Gasteiger charge is -2.38. The maximum atomic E-state index is 11.9. The molecule has 4 N–H and O–H groups in total. The summed E-state index contributed by atoms with van der Waals surface area (Å²) in [6.07, 6.45) is 5.22. The summed E-state index contributed by atoms with van der Waals surface area (Å²) in [6, 6.07) is -0.840. The molecule has 4 atom stereocenters. The summed E-state index contributed by atoms with van der Waals surface area (Å²) in [5.74, 6) is 0.126. The lowest BCUT2D eigenvalue weighted by molar-refractivity contribution is -0.131. The van der Waals surface area contributed by atoms with Crippen LogP contribution in [-0.2, 0) is 9.59 Å². The normalized spacial score (nSPS) is 27.9. The predicted molar refractivity (Wildman–Crippen MR) is 81.8 cm³/mol. The Bertz CT molecular complexity index is 465. The molecule has 2 aliphatic rings. The molecule has 0 aromatic heterocycles. The van der Waals surface area contributed by atoms with Crippen molar-refractivity contribution in [3.63, 3.8) is 0 Å². The number of nitrogens with zero attached hydrogens (tertiary/aromatic N) is 1. The number of rotatable bonds is 5. The minimum Gasteiger partial charge on any atom is -0.354 e. The van der Waals surface area contributed by atoms with Gasteiger partial charge in [-0.05, 0) is 44.6 Å². The van der Waals surface area contributed by atoms with Crippen LogP contribution < -0.4 is 16.4 Å². The van der Waals surface area contributed by atoms with Gasteiger partial charge in [-0.1, -0.05) is 6.58 Å². The second-order valence-electron chi connectivity index (χ2n) is 6.15. The van der Waals surface area contributed by atoms with Gasteiger partial charge in [0.1, 0.15) is 6.04 Å². The average molecular weight is 308 g/mol. The molecule has 2 unspecified atom stereocenters. The van der Waals surface area contributed by atoms with Crippen LogP contribution in [0.4, 0.5) is 4.79 Å². The van der Waals surface area contributed by atoms with Crippen molar-refractivity contribution in [2.24, 2.45) is 11.7 Å². The van der Waals surface area contributed by atoms with Gasteiger partial charge in [0, 0.05) is 18.6 Å². The van der Waals surface area contributed by atoms with Crippen molar-refractivity contribution >= 4 is 17.8 Å². The van der Waals surface area contributed by atoms with Gasteiger partial charge < -0.3 is 21.3 Å². The van der Waals surface area contributed by atoms with Crippen LogP contribution in [0.5, 0.6) is 0 Å². The number of piperidine rings is 1. The van der Waals surface area contributed by atoms with E-state index in [9.17, 15) is 14.4 Å². The first kappa shape index (κ1) is 16.3. The summed E-state index contributed by atoms with van der Waals surface area (Å²) in [5, 5.41) is 5.20. The predicted octanol–water partition coefficient (Wildman–Crippen LogP) is 0.115. The van der Waals surface area contributed by atoms with Crippen LogP contribution in [0.3, 0.4) is 0 Å². The van der Waals surface area contributed by atoms with Crippen LogP contribution in [0.1, 0.15) is 32.6 Å². The van der Waals surface area contributed by atoms with Gasteiger partial charge in [-0.15, -0.1) is 0 Å². The van der Waals surface area contributed by atoms with Gasteiger partial charge in [-0.3, -0.25) is 9.59 Å². The number of urea groups is 1. The van der Waals surface area contributed by atoms with Crippen molar-refractivity contribution in [2.45, 2.75) is 50.7 Å². The van der Waals surface area contributed by atoms with E-state index < -0.39 is 12.1 Å². The van der Waals surface area contributed by atoms with E-state index in [2.05, 4.69) is 17.2 Å². The third-order valence-electron chi connectivity index (χ3n) is 4.58. The largest absolute Gasteiger partial charge is 0.354 e. The molecule has 122 valence electrons. The number of hydrogen-bond acceptors (Lipinski definition) is 3. The van der Waals surface area contributed by atoms with Gasteiger partial charge in [0.15, 0.2) is 0 Å². The Kier molecular flexibility index (Phi) is 5.05. The highest BCUT2D eigenvalue weighted by Crippen LogP contribution is 2.38. The summed E-state index contributed by atoms with van der Waals surface area (Å²) in [7, 11) is 0. The Hall–Kier alpha value is -2.05. The number of nitrogens with two attached hydrogens (primary N) is 1. The van der Waals surface area contributed by atoms with E-state index in [1.54, 1.807) is 6.92 Å². The third-order valence-corrected chi connectivity index (χ3v) is 4.58. The van der Waals surface area contributed by atoms with Crippen LogP contribution >= 0.6 is 0 Å². The van der Waals surface area contributed by atoms with E-state index in [0.29, 0.717) is 12.5 Å². The molecule has 4 amide bonds. The lowest BCUT2D eigenvalue weighted by Crippen LogP contribution is -2.50. The first-order chi connectivity index (χ1) is 10.4. The molecule has 2 fully saturated rings. The minimum absolute atomic E-state index is 0.00858. The summed E-state index contributed by atoms with van der Waals surface area (Å²) < 4.78 is 0. The molecule has 0 aromatic carbocycles. The molecule has 0 saturated carbocycles. The van der Waals surface area contributed by atoms with Crippen LogP contribution in [0.15, 0.2) is 12.7 Å². The van der Waals surface area contributed by atoms with Crippen molar-refractivity contribution in [1.82, 2.24) is 15.5 Å². The molecule has 2 rings (SSSR count). The Labute approximate surface area is 130 Å². The van der Waals surface area contributed by atoms with E-state index in [4.69, 9.17) is 5.73 Å². The minimum atomic E-state index is -0.711. The summed E-state index contributed by atoms with van der Waals surface area (Å²) in [6.45, 7) is 5.72. The fourth-order valence-electron chi connectivity index (χ4n) is 3.60. The van der Waals surface area contributed by atoms with E-state index in [-0.39, 0.29) is 23.9 Å². The molecule has 2 heterocycles. The first-order valence-electron chi connectivity index (χ1n) is 7.70. The van der Waals surface area contributed by atoms with Crippen molar-refractivity contribution in [3.8, 4) is 0 Å². The van der Waals surface area contributed by atoms with Gasteiger partial charge in [0.25, 0.3) is 0 Å². The van der Waals surface area contributed by atoms with Crippen molar-refractivity contribution in [2.75, 3.05) is 6.54 Å². The molecular formula is C15H24N4O3. The second-order valence-corrected chi connectivity index (χ2v) is 6.15. The number of hydrogen-bond donors (Lipinski definition) is 3. The molecule has 2 aliphatic heterocycles. The Morgan fingerprint density at radius 2 is 1.91 bits per heavy atom. The number of fused-ring (bicyclic) bond motifs is 2. The average Bonchev–Trinajstić information content (AvgIpc) is 2.74. The number of carbonyl (C=O) groups is 3. The standard InChI is InChI=1S/C15H24N4O3/c1-3-13(20)19-11-4-5-12(19)7-10(6-11)8-17-14(21)9(2)18-15(16)22/h3,9-12H,1,4-8H2,2H3,(H,17,21)(H3,16,18,22)/t9?,10?,11-,12+.